The summed E-state index contributed by atoms with van der Waals surface area (Å²) in [5, 5.41) is 10.6. The van der Waals surface area contributed by atoms with Crippen molar-refractivity contribution in [3.63, 3.8) is 0 Å². The molecule has 0 spiro atoms. The highest BCUT2D eigenvalue weighted by Crippen LogP contribution is 2.26. The molecule has 0 aliphatic heterocycles. The Kier molecular flexibility index (Phi) is 3.28. The van der Waals surface area contributed by atoms with Crippen molar-refractivity contribution in [1.29, 1.82) is 0 Å². The van der Waals surface area contributed by atoms with Gasteiger partial charge in [0.05, 0.1) is 4.92 Å². The number of anilines is 1. The maximum atomic E-state index is 10.6. The third kappa shape index (κ3) is 2.48. The Bertz CT molecular complexity index is 547. The average molecular weight is 242 g/mol. The van der Waals surface area contributed by atoms with Crippen molar-refractivity contribution in [2.45, 2.75) is 12.8 Å². The van der Waals surface area contributed by atoms with Gasteiger partial charge in [-0.25, -0.2) is 0 Å². The van der Waals surface area contributed by atoms with Gasteiger partial charge in [-0.15, -0.1) is 0 Å². The van der Waals surface area contributed by atoms with E-state index in [1.54, 1.807) is 12.1 Å². The summed E-state index contributed by atoms with van der Waals surface area (Å²) < 4.78 is 0. The smallest absolute Gasteiger partial charge is 0.269 e. The fourth-order valence-electron chi connectivity index (χ4n) is 1.86. The number of nitro groups is 1. The maximum absolute atomic E-state index is 10.6. The van der Waals surface area contributed by atoms with Crippen molar-refractivity contribution in [3.05, 3.63) is 69.8 Å². The highest BCUT2D eigenvalue weighted by atomic mass is 16.6. The van der Waals surface area contributed by atoms with Crippen LogP contribution in [0.4, 0.5) is 11.4 Å². The highest BCUT2D eigenvalue weighted by Gasteiger charge is 2.10. The summed E-state index contributed by atoms with van der Waals surface area (Å²) in [5.41, 5.74) is 8.67. The van der Waals surface area contributed by atoms with Crippen LogP contribution >= 0.6 is 0 Å². The Morgan fingerprint density at radius 3 is 1.89 bits per heavy atom. The minimum Gasteiger partial charge on any atom is -0.399 e. The lowest BCUT2D eigenvalue weighted by atomic mass is 9.93. The second-order valence-corrected chi connectivity index (χ2v) is 4.24. The van der Waals surface area contributed by atoms with Crippen LogP contribution < -0.4 is 5.73 Å². The molecule has 4 nitrogen and oxygen atoms in total. The van der Waals surface area contributed by atoms with Gasteiger partial charge in [0.1, 0.15) is 0 Å². The minimum atomic E-state index is -0.391. The number of nitrogens with two attached hydrogens (primary N) is 1. The lowest BCUT2D eigenvalue weighted by Crippen LogP contribution is -1.97. The van der Waals surface area contributed by atoms with Gasteiger partial charge in [0.15, 0.2) is 0 Å². The molecular weight excluding hydrogens is 228 g/mol. The molecule has 18 heavy (non-hydrogen) atoms. The first-order valence-corrected chi connectivity index (χ1v) is 5.67. The topological polar surface area (TPSA) is 69.2 Å². The van der Waals surface area contributed by atoms with E-state index in [-0.39, 0.29) is 11.6 Å². The fourth-order valence-corrected chi connectivity index (χ4v) is 1.86. The van der Waals surface area contributed by atoms with Gasteiger partial charge < -0.3 is 5.73 Å². The number of hydrogen-bond donors (Lipinski definition) is 1. The molecular formula is C14H14N2O2. The van der Waals surface area contributed by atoms with Crippen molar-refractivity contribution < 1.29 is 4.92 Å². The first-order chi connectivity index (χ1) is 8.58. The molecule has 0 saturated carbocycles. The van der Waals surface area contributed by atoms with Crippen LogP contribution in [0.5, 0.6) is 0 Å². The number of nitrogens with zero attached hydrogens (tertiary/aromatic N) is 1. The van der Waals surface area contributed by atoms with Crippen molar-refractivity contribution >= 4 is 11.4 Å². The first-order valence-electron chi connectivity index (χ1n) is 5.67. The van der Waals surface area contributed by atoms with E-state index >= 15 is 0 Å². The molecule has 0 aliphatic rings. The normalized spacial score (nSPS) is 12.1. The number of nitro benzene ring substituents is 1. The Hall–Kier alpha value is -2.36. The van der Waals surface area contributed by atoms with Crippen molar-refractivity contribution in [2.24, 2.45) is 0 Å². The standard InChI is InChI=1S/C14H14N2O2/c1-10(11-2-6-13(15)7-3-11)12-4-8-14(9-5-12)16(17)18/h2-10H,15H2,1H3. The predicted molar refractivity (Wildman–Crippen MR) is 71.5 cm³/mol. The first kappa shape index (κ1) is 12.1. The number of rotatable bonds is 3. The quantitative estimate of drug-likeness (QED) is 0.510. The Labute approximate surface area is 105 Å². The molecule has 4 heteroatoms. The summed E-state index contributed by atoms with van der Waals surface area (Å²) in [5.74, 6) is 0.186. The fraction of sp³-hybridized carbons (Fsp3) is 0.143. The molecule has 0 aliphatic carbocycles. The average Bonchev–Trinajstić information content (AvgIpc) is 2.39. The molecule has 2 aromatic rings. The van der Waals surface area contributed by atoms with Crippen LogP contribution in [-0.2, 0) is 0 Å². The summed E-state index contributed by atoms with van der Waals surface area (Å²) in [6.45, 7) is 2.06. The molecule has 1 unspecified atom stereocenters. The van der Waals surface area contributed by atoms with E-state index < -0.39 is 4.92 Å². The largest absolute Gasteiger partial charge is 0.399 e. The summed E-state index contributed by atoms with van der Waals surface area (Å²) >= 11 is 0. The van der Waals surface area contributed by atoms with Gasteiger partial charge in [-0.3, -0.25) is 10.1 Å². The van der Waals surface area contributed by atoms with Crippen LogP contribution in [0, 0.1) is 10.1 Å². The summed E-state index contributed by atoms with van der Waals surface area (Å²) in [4.78, 5) is 10.2. The molecule has 0 radical (unpaired) electrons. The van der Waals surface area contributed by atoms with Gasteiger partial charge in [-0.05, 0) is 23.3 Å². The molecule has 2 rings (SSSR count). The van der Waals surface area contributed by atoms with E-state index in [0.29, 0.717) is 0 Å². The molecule has 1 atom stereocenters. The van der Waals surface area contributed by atoms with Gasteiger partial charge in [0.2, 0.25) is 0 Å². The Balaban J connectivity index is 2.25. The Morgan fingerprint density at radius 1 is 1.00 bits per heavy atom. The zero-order valence-electron chi connectivity index (χ0n) is 10.0. The number of non-ortho nitro benzene ring substituents is 1. The van der Waals surface area contributed by atoms with Crippen molar-refractivity contribution in [3.8, 4) is 0 Å². The van der Waals surface area contributed by atoms with Crippen molar-refractivity contribution in [1.82, 2.24) is 0 Å². The third-order valence-electron chi connectivity index (χ3n) is 3.04. The summed E-state index contributed by atoms with van der Waals surface area (Å²) in [7, 11) is 0. The highest BCUT2D eigenvalue weighted by molar-refractivity contribution is 5.43. The maximum Gasteiger partial charge on any atom is 0.269 e. The van der Waals surface area contributed by atoms with E-state index in [4.69, 9.17) is 5.73 Å². The van der Waals surface area contributed by atoms with E-state index in [0.717, 1.165) is 16.8 Å². The minimum absolute atomic E-state index is 0.114. The molecule has 0 fully saturated rings. The monoisotopic (exact) mass is 242 g/mol. The van der Waals surface area contributed by atoms with E-state index in [9.17, 15) is 10.1 Å². The van der Waals surface area contributed by atoms with E-state index in [2.05, 4.69) is 6.92 Å². The van der Waals surface area contributed by atoms with Gasteiger partial charge in [-0.2, -0.15) is 0 Å². The zero-order valence-corrected chi connectivity index (χ0v) is 10.0. The van der Waals surface area contributed by atoms with Crippen LogP contribution in [0.25, 0.3) is 0 Å². The molecule has 0 heterocycles. The van der Waals surface area contributed by atoms with Crippen LogP contribution in [-0.4, -0.2) is 4.92 Å². The molecule has 92 valence electrons. The van der Waals surface area contributed by atoms with E-state index in [1.807, 2.05) is 24.3 Å². The zero-order chi connectivity index (χ0) is 13.1. The SMILES string of the molecule is CC(c1ccc(N)cc1)c1ccc([N+](=O)[O-])cc1. The van der Waals surface area contributed by atoms with Gasteiger partial charge in [-0.1, -0.05) is 31.2 Å². The predicted octanol–water partition coefficient (Wildman–Crippen LogP) is 3.33. The summed E-state index contributed by atoms with van der Waals surface area (Å²) in [6, 6.07) is 14.3. The van der Waals surface area contributed by atoms with Crippen LogP contribution in [0.1, 0.15) is 24.0 Å². The van der Waals surface area contributed by atoms with E-state index in [1.165, 1.54) is 12.1 Å². The van der Waals surface area contributed by atoms with Gasteiger partial charge >= 0.3 is 0 Å². The number of hydrogen-bond acceptors (Lipinski definition) is 3. The number of benzene rings is 2. The Morgan fingerprint density at radius 2 is 1.44 bits per heavy atom. The second-order valence-electron chi connectivity index (χ2n) is 4.24. The second kappa shape index (κ2) is 4.87. The molecule has 2 N–H and O–H groups in total. The van der Waals surface area contributed by atoms with Gasteiger partial charge in [0.25, 0.3) is 5.69 Å². The van der Waals surface area contributed by atoms with Crippen LogP contribution in [0.2, 0.25) is 0 Å². The van der Waals surface area contributed by atoms with Crippen molar-refractivity contribution in [2.75, 3.05) is 5.73 Å². The molecule has 0 saturated heterocycles. The molecule has 0 amide bonds. The third-order valence-corrected chi connectivity index (χ3v) is 3.04. The molecule has 2 aromatic carbocycles. The molecule has 0 bridgehead atoms. The lowest BCUT2D eigenvalue weighted by molar-refractivity contribution is -0.384. The molecule has 0 aromatic heterocycles. The van der Waals surface area contributed by atoms with Gasteiger partial charge in [0, 0.05) is 23.7 Å². The van der Waals surface area contributed by atoms with Crippen LogP contribution in [0.3, 0.4) is 0 Å². The van der Waals surface area contributed by atoms with Crippen LogP contribution in [0.15, 0.2) is 48.5 Å². The number of nitrogen functional groups attached to an aromatic ring is 1. The summed E-state index contributed by atoms with van der Waals surface area (Å²) in [6.07, 6.45) is 0. The lowest BCUT2D eigenvalue weighted by Gasteiger charge is -2.12.